The van der Waals surface area contributed by atoms with Gasteiger partial charge in [-0.15, -0.1) is 0 Å². The number of hydrogen-bond donors (Lipinski definition) is 1. The lowest BCUT2D eigenvalue weighted by molar-refractivity contribution is -0.114. The van der Waals surface area contributed by atoms with Crippen LogP contribution in [0.5, 0.6) is 0 Å². The molecule has 0 aliphatic heterocycles. The van der Waals surface area contributed by atoms with Crippen LogP contribution in [0.15, 0.2) is 11.6 Å². The monoisotopic (exact) mass is 267 g/mol. The maximum absolute atomic E-state index is 10.8. The Bertz CT molecular complexity index is 154. The predicted octanol–water partition coefficient (Wildman–Crippen LogP) is 2.59. The minimum absolute atomic E-state index is 0.0146. The van der Waals surface area contributed by atoms with E-state index in [4.69, 9.17) is 0 Å². The summed E-state index contributed by atoms with van der Waals surface area (Å²) in [5, 5.41) is 0. The van der Waals surface area contributed by atoms with Crippen molar-refractivity contribution < 1.29 is 4.79 Å². The molecular formula is C8H14INO. The molecule has 3 heteroatoms. The van der Waals surface area contributed by atoms with E-state index in [1.807, 2.05) is 29.8 Å². The van der Waals surface area contributed by atoms with Crippen LogP contribution in [0.2, 0.25) is 0 Å². The fourth-order valence-corrected chi connectivity index (χ4v) is 0.935. The van der Waals surface area contributed by atoms with E-state index in [9.17, 15) is 4.79 Å². The van der Waals surface area contributed by atoms with E-state index in [1.54, 1.807) is 6.08 Å². The predicted molar refractivity (Wildman–Crippen MR) is 55.4 cm³/mol. The molecule has 0 aliphatic carbocycles. The smallest absolute Gasteiger partial charge is 0.252 e. The summed E-state index contributed by atoms with van der Waals surface area (Å²) in [7, 11) is 0. The van der Waals surface area contributed by atoms with E-state index in [0.717, 1.165) is 18.4 Å². The quantitative estimate of drug-likeness (QED) is 0.473. The minimum Gasteiger partial charge on any atom is -0.295 e. The Balaban J connectivity index is 3.70. The third-order valence-electron chi connectivity index (χ3n) is 1.40. The highest BCUT2D eigenvalue weighted by molar-refractivity contribution is 14.1. The normalized spacial score (nSPS) is 11.4. The Morgan fingerprint density at radius 3 is 2.73 bits per heavy atom. The first-order chi connectivity index (χ1) is 5.20. The number of rotatable bonds is 4. The summed E-state index contributed by atoms with van der Waals surface area (Å²) in [4.78, 5) is 10.8. The Hall–Kier alpha value is -0.0600. The molecule has 0 saturated heterocycles. The maximum Gasteiger partial charge on any atom is 0.252 e. The van der Waals surface area contributed by atoms with Crippen molar-refractivity contribution in [3.05, 3.63) is 11.6 Å². The number of allylic oxidation sites excluding steroid dienone is 1. The summed E-state index contributed by atoms with van der Waals surface area (Å²) in [5.74, 6) is -0.0146. The Kier molecular flexibility index (Phi) is 6.60. The highest BCUT2D eigenvalue weighted by Gasteiger charge is 1.94. The molecule has 0 fully saturated rings. The molecule has 64 valence electrons. The van der Waals surface area contributed by atoms with Gasteiger partial charge in [0.25, 0.3) is 5.91 Å². The molecule has 0 aromatic heterocycles. The lowest BCUT2D eigenvalue weighted by Gasteiger charge is -1.97. The van der Waals surface area contributed by atoms with Crippen molar-refractivity contribution in [2.24, 2.45) is 0 Å². The summed E-state index contributed by atoms with van der Waals surface area (Å²) in [6, 6.07) is 0. The molecule has 0 rings (SSSR count). The van der Waals surface area contributed by atoms with Crippen LogP contribution in [0.4, 0.5) is 0 Å². The molecule has 0 radical (unpaired) electrons. The molecule has 0 saturated carbocycles. The van der Waals surface area contributed by atoms with Gasteiger partial charge in [0.2, 0.25) is 0 Å². The standard InChI is InChI=1S/C8H14INO/c1-3-4-5-7(2)6-8(11)10-9/h6H,3-5H2,1-2H3,(H,10,11)/b7-6+. The molecule has 0 aromatic rings. The van der Waals surface area contributed by atoms with E-state index in [0.29, 0.717) is 0 Å². The minimum atomic E-state index is -0.0146. The topological polar surface area (TPSA) is 29.1 Å². The molecule has 1 amide bonds. The average Bonchev–Trinajstić information content (AvgIpc) is 2.00. The van der Waals surface area contributed by atoms with Crippen LogP contribution in [0, 0.1) is 0 Å². The maximum atomic E-state index is 10.8. The van der Waals surface area contributed by atoms with Crippen molar-refractivity contribution >= 4 is 28.8 Å². The first-order valence-corrected chi connectivity index (χ1v) is 4.86. The van der Waals surface area contributed by atoms with Gasteiger partial charge in [-0.2, -0.15) is 0 Å². The fourth-order valence-electron chi connectivity index (χ4n) is 0.779. The van der Waals surface area contributed by atoms with Gasteiger partial charge < -0.3 is 0 Å². The van der Waals surface area contributed by atoms with E-state index in [1.165, 1.54) is 6.42 Å². The van der Waals surface area contributed by atoms with Gasteiger partial charge in [-0.1, -0.05) is 18.9 Å². The summed E-state index contributed by atoms with van der Waals surface area (Å²) in [5.41, 5.74) is 1.15. The van der Waals surface area contributed by atoms with Gasteiger partial charge in [0.05, 0.1) is 22.9 Å². The van der Waals surface area contributed by atoms with Gasteiger partial charge in [-0.3, -0.25) is 8.32 Å². The SMILES string of the molecule is CCCC/C(C)=C/C(=O)NI. The van der Waals surface area contributed by atoms with E-state index < -0.39 is 0 Å². The average molecular weight is 267 g/mol. The second kappa shape index (κ2) is 6.64. The second-order valence-electron chi connectivity index (χ2n) is 2.55. The zero-order chi connectivity index (χ0) is 8.69. The lowest BCUT2D eigenvalue weighted by Crippen LogP contribution is -2.07. The molecular weight excluding hydrogens is 253 g/mol. The van der Waals surface area contributed by atoms with Crippen LogP contribution >= 0.6 is 22.9 Å². The summed E-state index contributed by atoms with van der Waals surface area (Å²) in [6.07, 6.45) is 5.02. The van der Waals surface area contributed by atoms with E-state index >= 15 is 0 Å². The largest absolute Gasteiger partial charge is 0.295 e. The first-order valence-electron chi connectivity index (χ1n) is 3.78. The van der Waals surface area contributed by atoms with Crippen LogP contribution in [0.25, 0.3) is 0 Å². The van der Waals surface area contributed by atoms with Crippen LogP contribution in [-0.4, -0.2) is 5.91 Å². The fraction of sp³-hybridized carbons (Fsp3) is 0.625. The van der Waals surface area contributed by atoms with Gasteiger partial charge >= 0.3 is 0 Å². The number of nitrogens with one attached hydrogen (secondary N) is 1. The number of carbonyl (C=O) groups excluding carboxylic acids is 1. The van der Waals surface area contributed by atoms with E-state index in [2.05, 4.69) is 10.5 Å². The third-order valence-corrected chi connectivity index (χ3v) is 1.93. The van der Waals surface area contributed by atoms with Crippen molar-refractivity contribution in [1.29, 1.82) is 0 Å². The number of carbonyl (C=O) groups is 1. The molecule has 0 bridgehead atoms. The second-order valence-corrected chi connectivity index (χ2v) is 3.09. The number of halogens is 1. The van der Waals surface area contributed by atoms with Gasteiger partial charge in [0.1, 0.15) is 0 Å². The highest BCUT2D eigenvalue weighted by Crippen LogP contribution is 2.05. The van der Waals surface area contributed by atoms with Crippen LogP contribution in [0.3, 0.4) is 0 Å². The van der Waals surface area contributed by atoms with Crippen LogP contribution < -0.4 is 3.53 Å². The number of unbranched alkanes of at least 4 members (excludes halogenated alkanes) is 1. The van der Waals surface area contributed by atoms with Crippen molar-refractivity contribution in [2.75, 3.05) is 0 Å². The molecule has 0 aliphatic rings. The molecule has 0 spiro atoms. The molecule has 0 heterocycles. The first kappa shape index (κ1) is 10.9. The van der Waals surface area contributed by atoms with Gasteiger partial charge in [-0.05, 0) is 19.8 Å². The van der Waals surface area contributed by atoms with Gasteiger partial charge in [-0.25, -0.2) is 0 Å². The zero-order valence-corrected chi connectivity index (χ0v) is 9.14. The molecule has 1 N–H and O–H groups in total. The van der Waals surface area contributed by atoms with Crippen molar-refractivity contribution in [2.45, 2.75) is 33.1 Å². The Morgan fingerprint density at radius 1 is 1.64 bits per heavy atom. The third kappa shape index (κ3) is 6.34. The van der Waals surface area contributed by atoms with Gasteiger partial charge in [0.15, 0.2) is 0 Å². The van der Waals surface area contributed by atoms with Crippen molar-refractivity contribution in [1.82, 2.24) is 3.53 Å². The molecule has 2 nitrogen and oxygen atoms in total. The van der Waals surface area contributed by atoms with Crippen molar-refractivity contribution in [3.63, 3.8) is 0 Å². The van der Waals surface area contributed by atoms with Gasteiger partial charge in [0, 0.05) is 6.08 Å². The summed E-state index contributed by atoms with van der Waals surface area (Å²) < 4.78 is 2.53. The molecule has 0 atom stereocenters. The molecule has 0 unspecified atom stereocenters. The summed E-state index contributed by atoms with van der Waals surface area (Å²) in [6.45, 7) is 4.13. The summed E-state index contributed by atoms with van der Waals surface area (Å²) >= 11 is 1.84. The zero-order valence-electron chi connectivity index (χ0n) is 6.98. The Labute approximate surface area is 81.9 Å². The highest BCUT2D eigenvalue weighted by atomic mass is 127. The lowest BCUT2D eigenvalue weighted by atomic mass is 10.1. The number of hydrogen-bond acceptors (Lipinski definition) is 1. The van der Waals surface area contributed by atoms with Crippen molar-refractivity contribution in [3.8, 4) is 0 Å². The Morgan fingerprint density at radius 2 is 2.27 bits per heavy atom. The number of amides is 1. The van der Waals surface area contributed by atoms with Crippen LogP contribution in [0.1, 0.15) is 33.1 Å². The molecule has 0 aromatic carbocycles. The molecule has 11 heavy (non-hydrogen) atoms. The van der Waals surface area contributed by atoms with Crippen LogP contribution in [-0.2, 0) is 4.79 Å². The van der Waals surface area contributed by atoms with E-state index in [-0.39, 0.29) is 5.91 Å².